The van der Waals surface area contributed by atoms with Crippen LogP contribution in [0.25, 0.3) is 0 Å². The summed E-state index contributed by atoms with van der Waals surface area (Å²) in [6.45, 7) is 13.0. The molecule has 5 heteroatoms. The van der Waals surface area contributed by atoms with Crippen molar-refractivity contribution in [3.63, 3.8) is 0 Å². The molecule has 0 saturated heterocycles. The van der Waals surface area contributed by atoms with Gasteiger partial charge in [-0.1, -0.05) is 34.1 Å². The second kappa shape index (κ2) is 9.64. The SMILES string of the molecule is CCCCN(C(=O)OCC)C(CC(=O)OCC)C(C)(C)C. The maximum absolute atomic E-state index is 12.2. The van der Waals surface area contributed by atoms with E-state index in [1.54, 1.807) is 18.7 Å². The summed E-state index contributed by atoms with van der Waals surface area (Å²) in [7, 11) is 0. The van der Waals surface area contributed by atoms with E-state index in [4.69, 9.17) is 9.47 Å². The first kappa shape index (κ1) is 19.7. The van der Waals surface area contributed by atoms with Gasteiger partial charge in [0, 0.05) is 6.54 Å². The number of amides is 1. The molecular formula is C16H31NO4. The van der Waals surface area contributed by atoms with Crippen molar-refractivity contribution in [2.75, 3.05) is 19.8 Å². The lowest BCUT2D eigenvalue weighted by Gasteiger charge is -2.39. The zero-order chi connectivity index (χ0) is 16.5. The normalized spacial score (nSPS) is 12.7. The van der Waals surface area contributed by atoms with Gasteiger partial charge in [-0.15, -0.1) is 0 Å². The highest BCUT2D eigenvalue weighted by molar-refractivity contribution is 5.73. The molecule has 0 saturated carbocycles. The lowest BCUT2D eigenvalue weighted by molar-refractivity contribution is -0.145. The molecule has 1 atom stereocenters. The van der Waals surface area contributed by atoms with Crippen LogP contribution in [0.3, 0.4) is 0 Å². The van der Waals surface area contributed by atoms with Crippen molar-refractivity contribution in [1.29, 1.82) is 0 Å². The average molecular weight is 301 g/mol. The van der Waals surface area contributed by atoms with Crippen LogP contribution in [0.1, 0.15) is 60.8 Å². The molecule has 1 unspecified atom stereocenters. The van der Waals surface area contributed by atoms with Gasteiger partial charge in [0.05, 0.1) is 25.7 Å². The molecule has 0 aliphatic carbocycles. The molecule has 0 spiro atoms. The molecule has 0 aliphatic heterocycles. The van der Waals surface area contributed by atoms with Gasteiger partial charge in [-0.2, -0.15) is 0 Å². The Hall–Kier alpha value is -1.26. The summed E-state index contributed by atoms with van der Waals surface area (Å²) < 4.78 is 10.2. The first-order valence-electron chi connectivity index (χ1n) is 7.86. The van der Waals surface area contributed by atoms with Crippen LogP contribution in [0.5, 0.6) is 0 Å². The van der Waals surface area contributed by atoms with Gasteiger partial charge in [0.25, 0.3) is 0 Å². The minimum Gasteiger partial charge on any atom is -0.466 e. The molecule has 0 fully saturated rings. The second-order valence-corrected chi connectivity index (χ2v) is 6.14. The number of hydrogen-bond acceptors (Lipinski definition) is 4. The lowest BCUT2D eigenvalue weighted by Crippen LogP contribution is -2.49. The summed E-state index contributed by atoms with van der Waals surface area (Å²) >= 11 is 0. The Labute approximate surface area is 129 Å². The zero-order valence-electron chi connectivity index (χ0n) is 14.4. The minimum atomic E-state index is -0.352. The fourth-order valence-electron chi connectivity index (χ4n) is 2.17. The van der Waals surface area contributed by atoms with Crippen LogP contribution in [0.15, 0.2) is 0 Å². The number of ether oxygens (including phenoxy) is 2. The molecule has 1 amide bonds. The minimum absolute atomic E-state index is 0.194. The summed E-state index contributed by atoms with van der Waals surface area (Å²) in [5.41, 5.74) is -0.229. The van der Waals surface area contributed by atoms with Crippen LogP contribution >= 0.6 is 0 Å². The van der Waals surface area contributed by atoms with Crippen molar-refractivity contribution in [2.45, 2.75) is 66.8 Å². The van der Waals surface area contributed by atoms with Gasteiger partial charge in [0.2, 0.25) is 0 Å². The number of nitrogens with zero attached hydrogens (tertiary/aromatic N) is 1. The first-order valence-corrected chi connectivity index (χ1v) is 7.86. The lowest BCUT2D eigenvalue weighted by atomic mass is 9.83. The highest BCUT2D eigenvalue weighted by Gasteiger charge is 2.35. The molecule has 0 heterocycles. The molecule has 0 aromatic heterocycles. The van der Waals surface area contributed by atoms with E-state index in [1.165, 1.54) is 0 Å². The van der Waals surface area contributed by atoms with E-state index in [-0.39, 0.29) is 29.9 Å². The number of unbranched alkanes of at least 4 members (excludes halogenated alkanes) is 1. The smallest absolute Gasteiger partial charge is 0.410 e. The van der Waals surface area contributed by atoms with Gasteiger partial charge < -0.3 is 14.4 Å². The van der Waals surface area contributed by atoms with Crippen LogP contribution < -0.4 is 0 Å². The molecule has 0 aliphatic rings. The topological polar surface area (TPSA) is 55.8 Å². The highest BCUT2D eigenvalue weighted by Crippen LogP contribution is 2.28. The van der Waals surface area contributed by atoms with E-state index in [1.807, 2.05) is 20.8 Å². The number of esters is 1. The Bertz CT molecular complexity index is 323. The third-order valence-electron chi connectivity index (χ3n) is 3.30. The second-order valence-electron chi connectivity index (χ2n) is 6.14. The van der Waals surface area contributed by atoms with Gasteiger partial charge in [-0.05, 0) is 25.7 Å². The predicted molar refractivity (Wildman–Crippen MR) is 83.1 cm³/mol. The number of hydrogen-bond donors (Lipinski definition) is 0. The quantitative estimate of drug-likeness (QED) is 0.643. The molecule has 0 aromatic carbocycles. The van der Waals surface area contributed by atoms with Crippen molar-refractivity contribution < 1.29 is 19.1 Å². The Morgan fingerprint density at radius 3 is 2.05 bits per heavy atom. The van der Waals surface area contributed by atoms with E-state index in [0.717, 1.165) is 12.8 Å². The summed E-state index contributed by atoms with van der Waals surface area (Å²) in [5, 5.41) is 0. The summed E-state index contributed by atoms with van der Waals surface area (Å²) in [6, 6.07) is -0.234. The first-order chi connectivity index (χ1) is 9.77. The van der Waals surface area contributed by atoms with Gasteiger partial charge in [0.15, 0.2) is 0 Å². The van der Waals surface area contributed by atoms with Crippen molar-refractivity contribution in [1.82, 2.24) is 4.90 Å². The molecule has 0 N–H and O–H groups in total. The van der Waals surface area contributed by atoms with Crippen LogP contribution in [-0.2, 0) is 14.3 Å². The Balaban J connectivity index is 5.16. The van der Waals surface area contributed by atoms with Crippen molar-refractivity contribution in [3.05, 3.63) is 0 Å². The van der Waals surface area contributed by atoms with Gasteiger partial charge in [-0.25, -0.2) is 4.79 Å². The largest absolute Gasteiger partial charge is 0.466 e. The standard InChI is InChI=1S/C16H31NO4/c1-7-10-11-17(15(19)21-9-3)13(16(4,5)6)12-14(18)20-8-2/h13H,7-12H2,1-6H3. The predicted octanol–water partition coefficient (Wildman–Crippen LogP) is 3.61. The number of carbonyl (C=O) groups is 2. The van der Waals surface area contributed by atoms with E-state index in [9.17, 15) is 9.59 Å². The molecule has 0 radical (unpaired) electrons. The highest BCUT2D eigenvalue weighted by atomic mass is 16.6. The van der Waals surface area contributed by atoms with Crippen LogP contribution in [0.2, 0.25) is 0 Å². The third kappa shape index (κ3) is 7.34. The molecule has 0 rings (SSSR count). The van der Waals surface area contributed by atoms with Crippen LogP contribution in [0.4, 0.5) is 4.79 Å². The van der Waals surface area contributed by atoms with Crippen LogP contribution in [-0.4, -0.2) is 42.8 Å². The van der Waals surface area contributed by atoms with Crippen LogP contribution in [0, 0.1) is 5.41 Å². The van der Waals surface area contributed by atoms with Crippen molar-refractivity contribution in [2.24, 2.45) is 5.41 Å². The fraction of sp³-hybridized carbons (Fsp3) is 0.875. The Morgan fingerprint density at radius 2 is 1.62 bits per heavy atom. The Morgan fingerprint density at radius 1 is 1.05 bits per heavy atom. The van der Waals surface area contributed by atoms with E-state index in [2.05, 4.69) is 6.92 Å². The van der Waals surface area contributed by atoms with Crippen molar-refractivity contribution >= 4 is 12.1 Å². The van der Waals surface area contributed by atoms with Gasteiger partial charge >= 0.3 is 12.1 Å². The van der Waals surface area contributed by atoms with Crippen molar-refractivity contribution in [3.8, 4) is 0 Å². The molecule has 0 bridgehead atoms. The van der Waals surface area contributed by atoms with E-state index >= 15 is 0 Å². The average Bonchev–Trinajstić information content (AvgIpc) is 2.37. The van der Waals surface area contributed by atoms with Gasteiger partial charge in [0.1, 0.15) is 0 Å². The summed E-state index contributed by atoms with van der Waals surface area (Å²) in [6.07, 6.45) is 1.70. The fourth-order valence-corrected chi connectivity index (χ4v) is 2.17. The van der Waals surface area contributed by atoms with Gasteiger partial charge in [-0.3, -0.25) is 4.79 Å². The molecule has 124 valence electrons. The molecule has 5 nitrogen and oxygen atoms in total. The zero-order valence-corrected chi connectivity index (χ0v) is 14.4. The van der Waals surface area contributed by atoms with E-state index < -0.39 is 0 Å². The maximum atomic E-state index is 12.2. The maximum Gasteiger partial charge on any atom is 0.410 e. The summed E-state index contributed by atoms with van der Waals surface area (Å²) in [4.78, 5) is 25.8. The van der Waals surface area contributed by atoms with E-state index in [0.29, 0.717) is 19.8 Å². The number of rotatable bonds is 8. The Kier molecular flexibility index (Phi) is 9.06. The monoisotopic (exact) mass is 301 g/mol. The molecule has 21 heavy (non-hydrogen) atoms. The molecule has 0 aromatic rings. The number of carbonyl (C=O) groups excluding carboxylic acids is 2. The summed E-state index contributed by atoms with van der Waals surface area (Å²) in [5.74, 6) is -0.275. The molecular weight excluding hydrogens is 270 g/mol. The third-order valence-corrected chi connectivity index (χ3v) is 3.30.